The monoisotopic (exact) mass is 220 g/mol. The summed E-state index contributed by atoms with van der Waals surface area (Å²) >= 11 is 0. The average Bonchev–Trinajstić information content (AvgIpc) is 2.31. The molecule has 1 aromatic carbocycles. The highest BCUT2D eigenvalue weighted by molar-refractivity contribution is 5.59. The van der Waals surface area contributed by atoms with E-state index in [2.05, 4.69) is 50.8 Å². The molecule has 1 aromatic rings. The van der Waals surface area contributed by atoms with E-state index in [1.54, 1.807) is 0 Å². The molecule has 2 nitrogen and oxygen atoms in total. The van der Waals surface area contributed by atoms with Crippen molar-refractivity contribution in [1.29, 1.82) is 0 Å². The number of nitrogens with zero attached hydrogens (tertiary/aromatic N) is 1. The first-order chi connectivity index (χ1) is 7.65. The second-order valence-electron chi connectivity index (χ2n) is 4.33. The van der Waals surface area contributed by atoms with Crippen molar-refractivity contribution in [3.05, 3.63) is 29.3 Å². The summed E-state index contributed by atoms with van der Waals surface area (Å²) in [7, 11) is 0. The van der Waals surface area contributed by atoms with Crippen LogP contribution >= 0.6 is 0 Å². The molecule has 0 amide bonds. The molecular weight excluding hydrogens is 196 g/mol. The molecule has 0 spiro atoms. The zero-order chi connectivity index (χ0) is 12.1. The van der Waals surface area contributed by atoms with Crippen LogP contribution in [0.3, 0.4) is 0 Å². The molecule has 0 saturated heterocycles. The van der Waals surface area contributed by atoms with Crippen molar-refractivity contribution in [2.75, 3.05) is 11.4 Å². The Morgan fingerprint density at radius 1 is 1.31 bits per heavy atom. The Balaban J connectivity index is 3.17. The standard InChI is InChI=1S/C14H24N2/c1-5-12(4)16(6-2)14-11(3)8-7-9-13(14)10-15/h7-9,12H,5-6,10,15H2,1-4H3. The first kappa shape index (κ1) is 13.0. The quantitative estimate of drug-likeness (QED) is 0.826. The van der Waals surface area contributed by atoms with Crippen LogP contribution < -0.4 is 10.6 Å². The molecular formula is C14H24N2. The number of hydrogen-bond acceptors (Lipinski definition) is 2. The Morgan fingerprint density at radius 3 is 2.50 bits per heavy atom. The minimum absolute atomic E-state index is 0.566. The number of benzene rings is 1. The van der Waals surface area contributed by atoms with Gasteiger partial charge in [-0.1, -0.05) is 25.1 Å². The third-order valence-corrected chi connectivity index (χ3v) is 3.29. The van der Waals surface area contributed by atoms with E-state index in [4.69, 9.17) is 5.73 Å². The van der Waals surface area contributed by atoms with Crippen LogP contribution in [0.1, 0.15) is 38.3 Å². The first-order valence-corrected chi connectivity index (χ1v) is 6.20. The number of para-hydroxylation sites is 1. The Kier molecular flexibility index (Phi) is 4.81. The number of rotatable bonds is 5. The van der Waals surface area contributed by atoms with Gasteiger partial charge in [-0.3, -0.25) is 0 Å². The fraction of sp³-hybridized carbons (Fsp3) is 0.571. The van der Waals surface area contributed by atoms with Gasteiger partial charge in [0.2, 0.25) is 0 Å². The fourth-order valence-corrected chi connectivity index (χ4v) is 2.21. The predicted octanol–water partition coefficient (Wildman–Crippen LogP) is 3.08. The summed E-state index contributed by atoms with van der Waals surface area (Å²) < 4.78 is 0. The molecule has 0 fully saturated rings. The van der Waals surface area contributed by atoms with E-state index in [0.29, 0.717) is 12.6 Å². The maximum Gasteiger partial charge on any atom is 0.0443 e. The lowest BCUT2D eigenvalue weighted by atomic mass is 10.0. The lowest BCUT2D eigenvalue weighted by molar-refractivity contribution is 0.626. The van der Waals surface area contributed by atoms with Crippen LogP contribution in [-0.4, -0.2) is 12.6 Å². The van der Waals surface area contributed by atoms with E-state index in [0.717, 1.165) is 13.0 Å². The van der Waals surface area contributed by atoms with Gasteiger partial charge in [0.25, 0.3) is 0 Å². The van der Waals surface area contributed by atoms with Gasteiger partial charge in [0.1, 0.15) is 0 Å². The van der Waals surface area contributed by atoms with Crippen molar-refractivity contribution < 1.29 is 0 Å². The van der Waals surface area contributed by atoms with Crippen LogP contribution in [0.4, 0.5) is 5.69 Å². The summed E-state index contributed by atoms with van der Waals surface area (Å²) in [5.74, 6) is 0. The van der Waals surface area contributed by atoms with Crippen molar-refractivity contribution in [3.8, 4) is 0 Å². The van der Waals surface area contributed by atoms with Crippen LogP contribution in [0.15, 0.2) is 18.2 Å². The summed E-state index contributed by atoms with van der Waals surface area (Å²) in [5.41, 5.74) is 9.74. The highest BCUT2D eigenvalue weighted by Crippen LogP contribution is 2.27. The topological polar surface area (TPSA) is 29.3 Å². The van der Waals surface area contributed by atoms with E-state index in [1.165, 1.54) is 16.8 Å². The van der Waals surface area contributed by atoms with Crippen molar-refractivity contribution in [2.45, 2.75) is 46.7 Å². The lowest BCUT2D eigenvalue weighted by Crippen LogP contribution is -2.34. The molecule has 2 heteroatoms. The summed E-state index contributed by atoms with van der Waals surface area (Å²) in [5, 5.41) is 0. The van der Waals surface area contributed by atoms with E-state index in [1.807, 2.05) is 0 Å². The lowest BCUT2D eigenvalue weighted by Gasteiger charge is -2.32. The zero-order valence-electron chi connectivity index (χ0n) is 11.0. The summed E-state index contributed by atoms with van der Waals surface area (Å²) in [6, 6.07) is 6.95. The van der Waals surface area contributed by atoms with Gasteiger partial charge in [-0.05, 0) is 38.3 Å². The molecule has 0 heterocycles. The van der Waals surface area contributed by atoms with E-state index < -0.39 is 0 Å². The van der Waals surface area contributed by atoms with Gasteiger partial charge >= 0.3 is 0 Å². The van der Waals surface area contributed by atoms with Crippen LogP contribution in [0.25, 0.3) is 0 Å². The highest BCUT2D eigenvalue weighted by atomic mass is 15.2. The summed E-state index contributed by atoms with van der Waals surface area (Å²) in [6.07, 6.45) is 1.16. The van der Waals surface area contributed by atoms with Gasteiger partial charge in [0.15, 0.2) is 0 Å². The van der Waals surface area contributed by atoms with Crippen LogP contribution in [-0.2, 0) is 6.54 Å². The minimum Gasteiger partial charge on any atom is -0.369 e. The number of nitrogens with two attached hydrogens (primary N) is 1. The van der Waals surface area contributed by atoms with Gasteiger partial charge in [0, 0.05) is 24.8 Å². The molecule has 0 aliphatic heterocycles. The highest BCUT2D eigenvalue weighted by Gasteiger charge is 2.15. The van der Waals surface area contributed by atoms with Crippen molar-refractivity contribution >= 4 is 5.69 Å². The first-order valence-electron chi connectivity index (χ1n) is 6.20. The maximum absolute atomic E-state index is 5.83. The molecule has 1 atom stereocenters. The molecule has 1 rings (SSSR count). The molecule has 0 saturated carbocycles. The van der Waals surface area contributed by atoms with E-state index in [9.17, 15) is 0 Å². The second-order valence-corrected chi connectivity index (χ2v) is 4.33. The van der Waals surface area contributed by atoms with E-state index >= 15 is 0 Å². The third kappa shape index (κ3) is 2.56. The molecule has 90 valence electrons. The SMILES string of the molecule is CCC(C)N(CC)c1c(C)cccc1CN. The van der Waals surface area contributed by atoms with Crippen molar-refractivity contribution in [2.24, 2.45) is 5.73 Å². The Labute approximate surface area is 99.5 Å². The van der Waals surface area contributed by atoms with Crippen molar-refractivity contribution in [1.82, 2.24) is 0 Å². The smallest absolute Gasteiger partial charge is 0.0443 e. The summed E-state index contributed by atoms with van der Waals surface area (Å²) in [4.78, 5) is 2.46. The van der Waals surface area contributed by atoms with Gasteiger partial charge in [-0.25, -0.2) is 0 Å². The third-order valence-electron chi connectivity index (χ3n) is 3.29. The minimum atomic E-state index is 0.566. The normalized spacial score (nSPS) is 12.6. The second kappa shape index (κ2) is 5.90. The van der Waals surface area contributed by atoms with Crippen molar-refractivity contribution in [3.63, 3.8) is 0 Å². The van der Waals surface area contributed by atoms with Gasteiger partial charge in [-0.2, -0.15) is 0 Å². The van der Waals surface area contributed by atoms with Crippen LogP contribution in [0.5, 0.6) is 0 Å². The Hall–Kier alpha value is -1.02. The largest absolute Gasteiger partial charge is 0.369 e. The Bertz CT molecular complexity index is 334. The molecule has 16 heavy (non-hydrogen) atoms. The summed E-state index contributed by atoms with van der Waals surface area (Å²) in [6.45, 7) is 10.5. The van der Waals surface area contributed by atoms with Gasteiger partial charge in [0.05, 0.1) is 0 Å². The molecule has 0 radical (unpaired) electrons. The number of aryl methyl sites for hydroxylation is 1. The van der Waals surface area contributed by atoms with Crippen LogP contribution in [0.2, 0.25) is 0 Å². The zero-order valence-corrected chi connectivity index (χ0v) is 11.0. The van der Waals surface area contributed by atoms with Gasteiger partial charge in [-0.15, -0.1) is 0 Å². The fourth-order valence-electron chi connectivity index (χ4n) is 2.21. The molecule has 0 aliphatic rings. The molecule has 1 unspecified atom stereocenters. The average molecular weight is 220 g/mol. The predicted molar refractivity (Wildman–Crippen MR) is 71.8 cm³/mol. The molecule has 0 bridgehead atoms. The Morgan fingerprint density at radius 2 is 2.00 bits per heavy atom. The van der Waals surface area contributed by atoms with Gasteiger partial charge < -0.3 is 10.6 Å². The molecule has 2 N–H and O–H groups in total. The molecule has 0 aromatic heterocycles. The number of hydrogen-bond donors (Lipinski definition) is 1. The maximum atomic E-state index is 5.83. The van der Waals surface area contributed by atoms with Crippen LogP contribution in [0, 0.1) is 6.92 Å². The number of anilines is 1. The molecule has 0 aliphatic carbocycles. The van der Waals surface area contributed by atoms with E-state index in [-0.39, 0.29) is 0 Å².